The summed E-state index contributed by atoms with van der Waals surface area (Å²) < 4.78 is 35.3. The summed E-state index contributed by atoms with van der Waals surface area (Å²) in [6.45, 7) is 9.91. The number of nitrogens with zero attached hydrogens (tertiary/aromatic N) is 1. The molecule has 2 N–H and O–H groups in total. The lowest BCUT2D eigenvalue weighted by Gasteiger charge is -2.30. The number of alkyl carbamates (subject to hydrolysis) is 1. The Hall–Kier alpha value is -3.67. The largest absolute Gasteiger partial charge is 0.467 e. The zero-order valence-electron chi connectivity index (χ0n) is 24.0. The minimum Gasteiger partial charge on any atom is -0.467 e. The van der Waals surface area contributed by atoms with Crippen LogP contribution in [-0.2, 0) is 39.8 Å². The first-order chi connectivity index (χ1) is 18.6. The third kappa shape index (κ3) is 8.17. The molecule has 0 spiro atoms. The van der Waals surface area contributed by atoms with Gasteiger partial charge in [-0.05, 0) is 71.7 Å². The van der Waals surface area contributed by atoms with Gasteiger partial charge in [0, 0.05) is 30.1 Å². The topological polar surface area (TPSA) is 136 Å². The summed E-state index contributed by atoms with van der Waals surface area (Å²) in [5, 5.41) is 3.16. The van der Waals surface area contributed by atoms with Crippen LogP contribution in [0.3, 0.4) is 0 Å². The number of aromatic amines is 1. The maximum Gasteiger partial charge on any atom is 0.408 e. The second kappa shape index (κ2) is 12.2. The van der Waals surface area contributed by atoms with E-state index in [4.69, 9.17) is 18.9 Å². The number of fused-ring (bicyclic) bond motifs is 1. The molecule has 1 aromatic carbocycles. The second-order valence-electron chi connectivity index (χ2n) is 11.6. The van der Waals surface area contributed by atoms with E-state index in [-0.39, 0.29) is 19.4 Å². The smallest absolute Gasteiger partial charge is 0.408 e. The van der Waals surface area contributed by atoms with Crippen LogP contribution in [0.4, 0.5) is 9.18 Å². The molecular formula is C28H38FN3O8. The van der Waals surface area contributed by atoms with Crippen LogP contribution < -0.4 is 5.32 Å². The number of hydrogen-bond acceptors (Lipinski definition) is 8. The fraction of sp³-hybridized carbons (Fsp3) is 0.571. The summed E-state index contributed by atoms with van der Waals surface area (Å²) in [7, 11) is 1.19. The molecule has 1 aliphatic rings. The third-order valence-electron chi connectivity index (χ3n) is 6.05. The number of carbonyl (C=O) groups excluding carboxylic acids is 4. The Kier molecular flexibility index (Phi) is 9.44. The number of aromatic nitrogens is 1. The molecule has 3 rings (SSSR count). The number of hydrogen-bond donors (Lipinski definition) is 2. The van der Waals surface area contributed by atoms with Crippen LogP contribution in [0.15, 0.2) is 24.4 Å². The van der Waals surface area contributed by atoms with Gasteiger partial charge in [0.25, 0.3) is 0 Å². The van der Waals surface area contributed by atoms with Gasteiger partial charge in [0.2, 0.25) is 5.91 Å². The molecule has 0 aliphatic carbocycles. The van der Waals surface area contributed by atoms with Crippen molar-refractivity contribution in [1.29, 1.82) is 0 Å². The van der Waals surface area contributed by atoms with E-state index in [1.807, 2.05) is 0 Å². The van der Waals surface area contributed by atoms with Crippen LogP contribution >= 0.6 is 0 Å². The molecule has 0 unspecified atom stereocenters. The number of rotatable bonds is 8. The molecule has 1 saturated heterocycles. The quantitative estimate of drug-likeness (QED) is 0.369. The molecule has 3 atom stereocenters. The summed E-state index contributed by atoms with van der Waals surface area (Å²) in [6.07, 6.45) is 0.188. The number of nitrogens with one attached hydrogen (secondary N) is 2. The Labute approximate surface area is 232 Å². The van der Waals surface area contributed by atoms with Crippen molar-refractivity contribution in [1.82, 2.24) is 15.2 Å². The number of halogens is 1. The lowest BCUT2D eigenvalue weighted by atomic mass is 10.0. The van der Waals surface area contributed by atoms with E-state index in [2.05, 4.69) is 10.3 Å². The van der Waals surface area contributed by atoms with Crippen molar-refractivity contribution in [2.75, 3.05) is 20.3 Å². The molecule has 2 aromatic rings. The fourth-order valence-electron chi connectivity index (χ4n) is 4.52. The molecule has 1 aromatic heterocycles. The van der Waals surface area contributed by atoms with Crippen LogP contribution in [0.2, 0.25) is 0 Å². The Morgan fingerprint density at radius 3 is 2.40 bits per heavy atom. The number of likely N-dealkylation sites (tertiary alicyclic amines) is 1. The first-order valence-corrected chi connectivity index (χ1v) is 13.0. The van der Waals surface area contributed by atoms with Crippen LogP contribution in [0, 0.1) is 5.82 Å². The van der Waals surface area contributed by atoms with E-state index in [9.17, 15) is 23.6 Å². The minimum absolute atomic E-state index is 0.0185. The molecular weight excluding hydrogens is 525 g/mol. The Morgan fingerprint density at radius 1 is 1.10 bits per heavy atom. The van der Waals surface area contributed by atoms with Crippen molar-refractivity contribution in [2.45, 2.75) is 83.8 Å². The maximum absolute atomic E-state index is 14.0. The summed E-state index contributed by atoms with van der Waals surface area (Å²) in [5.41, 5.74) is -0.310. The fourth-order valence-corrected chi connectivity index (χ4v) is 4.52. The van der Waals surface area contributed by atoms with Gasteiger partial charge < -0.3 is 34.1 Å². The van der Waals surface area contributed by atoms with E-state index in [0.717, 1.165) is 0 Å². The molecule has 1 aliphatic heterocycles. The molecule has 40 heavy (non-hydrogen) atoms. The predicted molar refractivity (Wildman–Crippen MR) is 143 cm³/mol. The van der Waals surface area contributed by atoms with E-state index < -0.39 is 65.8 Å². The van der Waals surface area contributed by atoms with Gasteiger partial charge >= 0.3 is 18.0 Å². The van der Waals surface area contributed by atoms with Gasteiger partial charge in [0.1, 0.15) is 29.7 Å². The molecule has 0 saturated carbocycles. The lowest BCUT2D eigenvalue weighted by Crippen LogP contribution is -2.55. The molecule has 0 radical (unpaired) electrons. The number of ether oxygens (including phenoxy) is 4. The highest BCUT2D eigenvalue weighted by Crippen LogP contribution is 2.26. The highest BCUT2D eigenvalue weighted by molar-refractivity contribution is 5.92. The van der Waals surface area contributed by atoms with Gasteiger partial charge in [-0.25, -0.2) is 18.8 Å². The summed E-state index contributed by atoms with van der Waals surface area (Å²) in [6, 6.07) is 1.89. The number of amides is 2. The zero-order valence-corrected chi connectivity index (χ0v) is 24.0. The highest BCUT2D eigenvalue weighted by atomic mass is 19.1. The standard InChI is InChI=1S/C28H38FN3O8/c1-27(2,3)39-22(33)15-38-21-10-11-32(23(21)25(35)37-7)24(34)20(31-26(36)40-28(4,5)6)12-16-14-30-19-9-8-17(29)13-18(16)19/h8-9,13-14,20-21,23,30H,10-12,15H2,1-7H3,(H,31,36)/t20-,21-,23-/m0/s1. The van der Waals surface area contributed by atoms with Gasteiger partial charge in [-0.3, -0.25) is 4.79 Å². The Bertz CT molecular complexity index is 1250. The van der Waals surface area contributed by atoms with Crippen LogP contribution in [-0.4, -0.2) is 83.5 Å². The minimum atomic E-state index is -1.17. The Morgan fingerprint density at radius 2 is 1.77 bits per heavy atom. The molecule has 2 heterocycles. The summed E-state index contributed by atoms with van der Waals surface area (Å²) in [5.74, 6) is -2.39. The average molecular weight is 564 g/mol. The van der Waals surface area contributed by atoms with Crippen molar-refractivity contribution in [3.63, 3.8) is 0 Å². The summed E-state index contributed by atoms with van der Waals surface area (Å²) >= 11 is 0. The van der Waals surface area contributed by atoms with Gasteiger partial charge in [0.15, 0.2) is 6.04 Å². The van der Waals surface area contributed by atoms with Crippen LogP contribution in [0.1, 0.15) is 53.5 Å². The predicted octanol–water partition coefficient (Wildman–Crippen LogP) is 3.24. The molecule has 12 heteroatoms. The normalized spacial score (nSPS) is 18.4. The summed E-state index contributed by atoms with van der Waals surface area (Å²) in [4.78, 5) is 55.9. The van der Waals surface area contributed by atoms with Crippen molar-refractivity contribution in [2.24, 2.45) is 0 Å². The average Bonchev–Trinajstić information content (AvgIpc) is 3.43. The Balaban J connectivity index is 1.86. The zero-order chi connectivity index (χ0) is 29.8. The molecule has 1 fully saturated rings. The van der Waals surface area contributed by atoms with Crippen molar-refractivity contribution in [3.8, 4) is 0 Å². The number of H-pyrrole nitrogens is 1. The van der Waals surface area contributed by atoms with Crippen molar-refractivity contribution in [3.05, 3.63) is 35.8 Å². The maximum atomic E-state index is 14.0. The molecule has 0 bridgehead atoms. The number of methoxy groups -OCH3 is 1. The van der Waals surface area contributed by atoms with E-state index in [1.54, 1.807) is 53.8 Å². The molecule has 11 nitrogen and oxygen atoms in total. The molecule has 2 amide bonds. The third-order valence-corrected chi connectivity index (χ3v) is 6.05. The second-order valence-corrected chi connectivity index (χ2v) is 11.6. The number of benzene rings is 1. The van der Waals surface area contributed by atoms with Gasteiger partial charge in [-0.1, -0.05) is 0 Å². The molecule has 220 valence electrons. The lowest BCUT2D eigenvalue weighted by molar-refractivity contribution is -0.166. The number of esters is 2. The van der Waals surface area contributed by atoms with Crippen molar-refractivity contribution < 1.29 is 42.5 Å². The van der Waals surface area contributed by atoms with E-state index in [1.165, 1.54) is 24.1 Å². The van der Waals surface area contributed by atoms with E-state index in [0.29, 0.717) is 16.5 Å². The van der Waals surface area contributed by atoms with Gasteiger partial charge in [-0.2, -0.15) is 0 Å². The number of carbonyl (C=O) groups is 4. The first-order valence-electron chi connectivity index (χ1n) is 13.0. The van der Waals surface area contributed by atoms with Crippen LogP contribution in [0.25, 0.3) is 10.9 Å². The van der Waals surface area contributed by atoms with E-state index >= 15 is 0 Å². The highest BCUT2D eigenvalue weighted by Gasteiger charge is 2.46. The monoisotopic (exact) mass is 563 g/mol. The van der Waals surface area contributed by atoms with Gasteiger partial charge in [0.05, 0.1) is 13.2 Å². The van der Waals surface area contributed by atoms with Gasteiger partial charge in [-0.15, -0.1) is 0 Å². The van der Waals surface area contributed by atoms with Crippen LogP contribution in [0.5, 0.6) is 0 Å². The van der Waals surface area contributed by atoms with Crippen molar-refractivity contribution >= 4 is 34.8 Å². The first kappa shape index (κ1) is 30.9. The SMILES string of the molecule is COC(=O)[C@@H]1[C@@H](OCC(=O)OC(C)(C)C)CCN1C(=O)[C@H](Cc1c[nH]c2ccc(F)cc12)NC(=O)OC(C)(C)C.